The van der Waals surface area contributed by atoms with Crippen molar-refractivity contribution in [1.29, 1.82) is 0 Å². The van der Waals surface area contributed by atoms with E-state index in [0.717, 1.165) is 28.7 Å². The molecular weight excluding hydrogens is 575 g/mol. The third-order valence-electron chi connectivity index (χ3n) is 6.38. The van der Waals surface area contributed by atoms with Gasteiger partial charge in [-0.1, -0.05) is 42.3 Å². The zero-order chi connectivity index (χ0) is 30.4. The SMILES string of the molecule is CCc1cc(-c2ccc(F)cc2)c(O)cc1OCCCCNC(=O)c1ccc(N=NCc2ccccc2SOOO)nc1. The number of nitrogens with one attached hydrogen (secondary N) is 1. The van der Waals surface area contributed by atoms with Gasteiger partial charge < -0.3 is 15.2 Å². The normalized spacial score (nSPS) is 11.1. The number of azo groups is 1. The Labute approximate surface area is 252 Å². The zero-order valence-electron chi connectivity index (χ0n) is 23.4. The quantitative estimate of drug-likeness (QED) is 0.0417. The molecular formula is C31H31FN4O6S. The largest absolute Gasteiger partial charge is 0.507 e. The Morgan fingerprint density at radius 3 is 2.60 bits per heavy atom. The number of hydrogen-bond donors (Lipinski definition) is 3. The summed E-state index contributed by atoms with van der Waals surface area (Å²) in [5.74, 6) is 0.449. The van der Waals surface area contributed by atoms with Crippen molar-refractivity contribution in [2.75, 3.05) is 13.2 Å². The lowest BCUT2D eigenvalue weighted by atomic mass is 10.00. The van der Waals surface area contributed by atoms with Crippen molar-refractivity contribution in [2.24, 2.45) is 10.2 Å². The lowest BCUT2D eigenvalue weighted by Gasteiger charge is -2.14. The number of nitrogens with zero attached hydrogens (tertiary/aromatic N) is 3. The monoisotopic (exact) mass is 606 g/mol. The minimum atomic E-state index is -0.333. The van der Waals surface area contributed by atoms with Crippen LogP contribution in [0.3, 0.4) is 0 Å². The van der Waals surface area contributed by atoms with Crippen LogP contribution in [0.1, 0.15) is 41.3 Å². The van der Waals surface area contributed by atoms with Gasteiger partial charge in [-0.3, -0.25) is 4.79 Å². The summed E-state index contributed by atoms with van der Waals surface area (Å²) < 4.78 is 23.7. The number of carbonyl (C=O) groups is 1. The predicted molar refractivity (Wildman–Crippen MR) is 159 cm³/mol. The number of phenols is 1. The van der Waals surface area contributed by atoms with Crippen LogP contribution in [-0.2, 0) is 22.3 Å². The second-order valence-electron chi connectivity index (χ2n) is 9.29. The highest BCUT2D eigenvalue weighted by Crippen LogP contribution is 2.36. The molecule has 0 radical (unpaired) electrons. The molecule has 0 bridgehead atoms. The topological polar surface area (TPSA) is 135 Å². The molecule has 10 nitrogen and oxygen atoms in total. The Kier molecular flexibility index (Phi) is 12.0. The van der Waals surface area contributed by atoms with Crippen LogP contribution in [-0.4, -0.2) is 34.4 Å². The fourth-order valence-corrected chi connectivity index (χ4v) is 4.61. The average molecular weight is 607 g/mol. The van der Waals surface area contributed by atoms with Gasteiger partial charge in [-0.05, 0) is 72.4 Å². The molecule has 1 heterocycles. The molecule has 3 N–H and O–H groups in total. The van der Waals surface area contributed by atoms with Crippen LogP contribution in [0, 0.1) is 5.82 Å². The van der Waals surface area contributed by atoms with E-state index in [0.29, 0.717) is 60.0 Å². The van der Waals surface area contributed by atoms with Crippen molar-refractivity contribution in [3.63, 3.8) is 0 Å². The first-order valence-electron chi connectivity index (χ1n) is 13.6. The van der Waals surface area contributed by atoms with E-state index < -0.39 is 0 Å². The van der Waals surface area contributed by atoms with E-state index in [2.05, 4.69) is 29.9 Å². The molecule has 0 saturated carbocycles. The molecule has 43 heavy (non-hydrogen) atoms. The Bertz CT molecular complexity index is 1520. The molecule has 4 aromatic rings. The van der Waals surface area contributed by atoms with Crippen LogP contribution >= 0.6 is 12.0 Å². The van der Waals surface area contributed by atoms with Crippen molar-refractivity contribution in [3.05, 3.63) is 102 Å². The van der Waals surface area contributed by atoms with Crippen LogP contribution < -0.4 is 10.1 Å². The van der Waals surface area contributed by atoms with Gasteiger partial charge in [0.05, 0.1) is 30.8 Å². The molecule has 12 heteroatoms. The number of aromatic nitrogens is 1. The number of carbonyl (C=O) groups excluding carboxylic acids is 1. The molecule has 0 unspecified atom stereocenters. The van der Waals surface area contributed by atoms with E-state index in [1.165, 1.54) is 18.3 Å². The molecule has 0 aliphatic carbocycles. The van der Waals surface area contributed by atoms with Crippen molar-refractivity contribution >= 4 is 23.8 Å². The maximum absolute atomic E-state index is 13.3. The highest BCUT2D eigenvalue weighted by Gasteiger charge is 2.12. The van der Waals surface area contributed by atoms with Crippen molar-refractivity contribution in [1.82, 2.24) is 10.3 Å². The molecule has 0 aliphatic heterocycles. The average Bonchev–Trinajstić information content (AvgIpc) is 3.03. The molecule has 4 rings (SSSR count). The van der Waals surface area contributed by atoms with Gasteiger partial charge >= 0.3 is 0 Å². The molecule has 224 valence electrons. The second kappa shape index (κ2) is 16.3. The summed E-state index contributed by atoms with van der Waals surface area (Å²) in [6.45, 7) is 3.14. The third-order valence-corrected chi connectivity index (χ3v) is 7.09. The summed E-state index contributed by atoms with van der Waals surface area (Å²) >= 11 is 0.851. The summed E-state index contributed by atoms with van der Waals surface area (Å²) in [4.78, 5) is 17.4. The Morgan fingerprint density at radius 2 is 1.86 bits per heavy atom. The van der Waals surface area contributed by atoms with Crippen molar-refractivity contribution in [3.8, 4) is 22.6 Å². The summed E-state index contributed by atoms with van der Waals surface area (Å²) in [5.41, 5.74) is 3.51. The number of phenolic OH excluding ortho intramolecular Hbond substituents is 1. The summed E-state index contributed by atoms with van der Waals surface area (Å²) in [7, 11) is 0. The molecule has 0 aliphatic rings. The van der Waals surface area contributed by atoms with Crippen molar-refractivity contribution < 1.29 is 33.7 Å². The first-order chi connectivity index (χ1) is 21.0. The molecule has 1 aromatic heterocycles. The summed E-state index contributed by atoms with van der Waals surface area (Å²) in [5, 5.41) is 33.6. The van der Waals surface area contributed by atoms with Crippen LogP contribution in [0.2, 0.25) is 0 Å². The van der Waals surface area contributed by atoms with E-state index in [9.17, 15) is 14.3 Å². The number of halogens is 1. The Hall–Kier alpha value is -4.36. The van der Waals surface area contributed by atoms with Gasteiger partial charge in [0.25, 0.3) is 5.91 Å². The van der Waals surface area contributed by atoms with E-state index in [4.69, 9.17) is 9.99 Å². The standard InChI is InChI=1S/C31H31FN4O6S/c1-2-21-17-26(22-9-12-25(32)13-10-22)27(37)18-28(21)40-16-6-5-15-33-31(38)24-11-14-30(34-19-24)36-35-20-23-7-3-4-8-29(23)43-42-41-39/h3-4,7-14,17-19,37,39H,2,5-6,15-16,20H2,1H3,(H,33,38). The number of unbranched alkanes of at least 4 members (excludes halogenated alkanes) is 1. The minimum absolute atomic E-state index is 0.0662. The van der Waals surface area contributed by atoms with Gasteiger partial charge in [0.1, 0.15) is 17.3 Å². The van der Waals surface area contributed by atoms with E-state index in [1.54, 1.807) is 36.4 Å². The molecule has 0 saturated heterocycles. The number of aromatic hydroxyl groups is 1. The summed E-state index contributed by atoms with van der Waals surface area (Å²) in [6, 6.07) is 20.0. The third kappa shape index (κ3) is 9.32. The number of rotatable bonds is 15. The first-order valence-corrected chi connectivity index (χ1v) is 14.3. The lowest BCUT2D eigenvalue weighted by molar-refractivity contribution is -0.432. The Morgan fingerprint density at radius 1 is 1.05 bits per heavy atom. The number of benzene rings is 3. The lowest BCUT2D eigenvalue weighted by Crippen LogP contribution is -2.24. The number of aryl methyl sites for hydroxylation is 1. The van der Waals surface area contributed by atoms with Gasteiger partial charge in [0.2, 0.25) is 0 Å². The number of amides is 1. The van der Waals surface area contributed by atoms with Gasteiger partial charge in [-0.25, -0.2) is 14.6 Å². The fourth-order valence-electron chi connectivity index (χ4n) is 4.13. The number of pyridine rings is 1. The van der Waals surface area contributed by atoms with Crippen LogP contribution in [0.15, 0.2) is 94.1 Å². The molecule has 0 fully saturated rings. The van der Waals surface area contributed by atoms with E-state index in [-0.39, 0.29) is 24.0 Å². The highest BCUT2D eigenvalue weighted by molar-refractivity contribution is 7.94. The minimum Gasteiger partial charge on any atom is -0.507 e. The molecule has 1 amide bonds. The molecule has 3 aromatic carbocycles. The Balaban J connectivity index is 1.19. The number of hydrogen-bond acceptors (Lipinski definition) is 10. The smallest absolute Gasteiger partial charge is 0.252 e. The van der Waals surface area contributed by atoms with Gasteiger partial charge in [-0.2, -0.15) is 5.11 Å². The molecule has 0 atom stereocenters. The first kappa shape index (κ1) is 31.6. The number of ether oxygens (including phenoxy) is 1. The molecule has 0 spiro atoms. The van der Waals surface area contributed by atoms with Gasteiger partial charge in [0, 0.05) is 29.3 Å². The summed E-state index contributed by atoms with van der Waals surface area (Å²) in [6.07, 6.45) is 3.54. The van der Waals surface area contributed by atoms with Crippen LogP contribution in [0.25, 0.3) is 11.1 Å². The van der Waals surface area contributed by atoms with E-state index >= 15 is 0 Å². The van der Waals surface area contributed by atoms with Gasteiger partial charge in [0.15, 0.2) is 5.82 Å². The van der Waals surface area contributed by atoms with E-state index in [1.807, 2.05) is 31.2 Å². The zero-order valence-corrected chi connectivity index (χ0v) is 24.2. The predicted octanol–water partition coefficient (Wildman–Crippen LogP) is 7.46. The second-order valence-corrected chi connectivity index (χ2v) is 10.0. The maximum Gasteiger partial charge on any atom is 0.252 e. The van der Waals surface area contributed by atoms with Crippen LogP contribution in [0.4, 0.5) is 10.2 Å². The van der Waals surface area contributed by atoms with Gasteiger partial charge in [-0.15, -0.1) is 9.45 Å². The van der Waals surface area contributed by atoms with Crippen LogP contribution in [0.5, 0.6) is 11.5 Å². The maximum atomic E-state index is 13.3. The highest BCUT2D eigenvalue weighted by atomic mass is 32.2. The van der Waals surface area contributed by atoms with Crippen molar-refractivity contribution in [2.45, 2.75) is 37.6 Å². The fraction of sp³-hybridized carbons (Fsp3) is 0.226.